The van der Waals surface area contributed by atoms with Crippen molar-refractivity contribution < 1.29 is 4.79 Å². The summed E-state index contributed by atoms with van der Waals surface area (Å²) < 4.78 is 0. The molecule has 1 atom stereocenters. The zero-order valence-electron chi connectivity index (χ0n) is 6.11. The molecule has 6 heteroatoms. The molecule has 4 N–H and O–H groups in total. The van der Waals surface area contributed by atoms with Gasteiger partial charge in [0.25, 0.3) is 0 Å². The lowest BCUT2D eigenvalue weighted by molar-refractivity contribution is -0.111. The Morgan fingerprint density at radius 1 is 1.67 bits per heavy atom. The van der Waals surface area contributed by atoms with E-state index >= 15 is 0 Å². The Balaban J connectivity index is 2.42. The molecule has 0 spiro atoms. The second-order valence-electron chi connectivity index (χ2n) is 2.49. The van der Waals surface area contributed by atoms with Gasteiger partial charge in [0.15, 0.2) is 12.1 Å². The molecule has 1 aromatic heterocycles. The van der Waals surface area contributed by atoms with Crippen molar-refractivity contribution >= 4 is 18.3 Å². The minimum Gasteiger partial charge on any atom is -0.342 e. The number of hydrogen-bond donors (Lipinski definition) is 3. The average Bonchev–Trinajstić information content (AvgIpc) is 2.51. The van der Waals surface area contributed by atoms with E-state index in [0.29, 0.717) is 12.1 Å². The number of aromatic nitrogens is 2. The summed E-state index contributed by atoms with van der Waals surface area (Å²) >= 11 is 0. The Morgan fingerprint density at radius 2 is 2.50 bits per heavy atom. The van der Waals surface area contributed by atoms with Gasteiger partial charge in [0.1, 0.15) is 5.69 Å². The minimum absolute atomic E-state index is 0.529. The molecule has 0 saturated heterocycles. The molecule has 0 aliphatic carbocycles. The first-order chi connectivity index (χ1) is 5.73. The molecule has 1 unspecified atom stereocenters. The molecule has 12 heavy (non-hydrogen) atoms. The minimum atomic E-state index is -1.36. The van der Waals surface area contributed by atoms with Gasteiger partial charge in [-0.1, -0.05) is 0 Å². The van der Waals surface area contributed by atoms with Crippen LogP contribution in [0.2, 0.25) is 0 Å². The van der Waals surface area contributed by atoms with E-state index in [9.17, 15) is 4.79 Å². The predicted octanol–water partition coefficient (Wildman–Crippen LogP) is -0.935. The van der Waals surface area contributed by atoms with E-state index in [1.54, 1.807) is 0 Å². The lowest BCUT2D eigenvalue weighted by Crippen LogP contribution is -2.49. The highest BCUT2D eigenvalue weighted by Crippen LogP contribution is 2.16. The highest BCUT2D eigenvalue weighted by molar-refractivity contribution is 5.90. The fraction of sp³-hybridized carbons (Fsp3) is 0.167. The fourth-order valence-corrected chi connectivity index (χ4v) is 0.955. The van der Waals surface area contributed by atoms with Crippen molar-refractivity contribution in [3.8, 4) is 0 Å². The molecular weight excluding hydrogens is 158 g/mol. The van der Waals surface area contributed by atoms with Crippen molar-refractivity contribution in [3.05, 3.63) is 12.0 Å². The number of hydrogen-bond acceptors (Lipinski definition) is 5. The van der Waals surface area contributed by atoms with E-state index in [4.69, 9.17) is 5.73 Å². The molecule has 0 radical (unpaired) electrons. The zero-order valence-corrected chi connectivity index (χ0v) is 6.11. The molecule has 1 aromatic rings. The Labute approximate surface area is 67.9 Å². The quantitative estimate of drug-likeness (QED) is 0.468. The van der Waals surface area contributed by atoms with Crippen LogP contribution in [0.5, 0.6) is 0 Å². The first-order valence-electron chi connectivity index (χ1n) is 3.35. The van der Waals surface area contributed by atoms with Gasteiger partial charge in [-0.15, -0.1) is 0 Å². The third-order valence-electron chi connectivity index (χ3n) is 1.57. The van der Waals surface area contributed by atoms with E-state index < -0.39 is 5.79 Å². The maximum absolute atomic E-state index is 10.5. The van der Waals surface area contributed by atoms with Crippen LogP contribution >= 0.6 is 0 Å². The van der Waals surface area contributed by atoms with E-state index in [0.717, 1.165) is 5.69 Å². The summed E-state index contributed by atoms with van der Waals surface area (Å²) in [6.45, 7) is 0. The molecule has 0 aromatic carbocycles. The van der Waals surface area contributed by atoms with E-state index in [-0.39, 0.29) is 0 Å². The predicted molar refractivity (Wildman–Crippen MR) is 42.8 cm³/mol. The average molecular weight is 165 g/mol. The van der Waals surface area contributed by atoms with E-state index in [1.807, 2.05) is 0 Å². The van der Waals surface area contributed by atoms with Crippen LogP contribution in [0.3, 0.4) is 0 Å². The van der Waals surface area contributed by atoms with Gasteiger partial charge in [-0.05, 0) is 0 Å². The van der Waals surface area contributed by atoms with Crippen LogP contribution in [0.4, 0.5) is 5.82 Å². The van der Waals surface area contributed by atoms with Crippen molar-refractivity contribution in [1.29, 1.82) is 0 Å². The number of imidazole rings is 1. The highest BCUT2D eigenvalue weighted by Gasteiger charge is 2.27. The number of nitrogens with zero attached hydrogens (tertiary/aromatic N) is 2. The van der Waals surface area contributed by atoms with Crippen LogP contribution in [0.15, 0.2) is 11.3 Å². The second-order valence-corrected chi connectivity index (χ2v) is 2.49. The Hall–Kier alpha value is -1.69. The van der Waals surface area contributed by atoms with Crippen LogP contribution < -0.4 is 11.1 Å². The Bertz CT molecular complexity index is 343. The van der Waals surface area contributed by atoms with Gasteiger partial charge in [-0.3, -0.25) is 10.5 Å². The molecule has 1 aliphatic rings. The second kappa shape index (κ2) is 2.15. The van der Waals surface area contributed by atoms with Crippen LogP contribution in [0.25, 0.3) is 0 Å². The molecule has 1 aliphatic heterocycles. The molecular formula is C6H7N5O. The van der Waals surface area contributed by atoms with Gasteiger partial charge >= 0.3 is 0 Å². The molecule has 62 valence electrons. The number of carbonyl (C=O) groups excluding carboxylic acids is 1. The van der Waals surface area contributed by atoms with Gasteiger partial charge in [-0.2, -0.15) is 0 Å². The van der Waals surface area contributed by atoms with Crippen molar-refractivity contribution in [2.45, 2.75) is 5.79 Å². The van der Waals surface area contributed by atoms with Crippen molar-refractivity contribution in [2.75, 3.05) is 5.32 Å². The lowest BCUT2D eigenvalue weighted by Gasteiger charge is -2.22. The summed E-state index contributed by atoms with van der Waals surface area (Å²) in [4.78, 5) is 21.0. The smallest absolute Gasteiger partial charge is 0.241 e. The third kappa shape index (κ3) is 0.892. The molecule has 0 fully saturated rings. The SMILES string of the molecule is NC1(C=O)N=Cc2[nH]cnc2N1. The number of aliphatic imine (C=N–C) groups is 1. The largest absolute Gasteiger partial charge is 0.342 e. The van der Waals surface area contributed by atoms with E-state index in [1.165, 1.54) is 12.5 Å². The number of nitrogens with two attached hydrogens (primary N) is 1. The van der Waals surface area contributed by atoms with Gasteiger partial charge < -0.3 is 10.3 Å². The zero-order chi connectivity index (χ0) is 8.60. The van der Waals surface area contributed by atoms with Crippen LogP contribution in [0, 0.1) is 0 Å². The summed E-state index contributed by atoms with van der Waals surface area (Å²) in [5.74, 6) is -0.818. The monoisotopic (exact) mass is 165 g/mol. The Morgan fingerprint density at radius 3 is 3.25 bits per heavy atom. The first kappa shape index (κ1) is 6.99. The number of carbonyl (C=O) groups is 1. The van der Waals surface area contributed by atoms with Gasteiger partial charge in [0.05, 0.1) is 12.5 Å². The summed E-state index contributed by atoms with van der Waals surface area (Å²) in [6, 6.07) is 0. The molecule has 6 nitrogen and oxygen atoms in total. The van der Waals surface area contributed by atoms with Gasteiger partial charge in [0.2, 0.25) is 5.79 Å². The van der Waals surface area contributed by atoms with Gasteiger partial charge in [-0.25, -0.2) is 9.98 Å². The molecule has 2 rings (SSSR count). The van der Waals surface area contributed by atoms with Crippen molar-refractivity contribution in [3.63, 3.8) is 0 Å². The van der Waals surface area contributed by atoms with Crippen LogP contribution in [-0.2, 0) is 4.79 Å². The topological polar surface area (TPSA) is 96.2 Å². The maximum Gasteiger partial charge on any atom is 0.241 e. The van der Waals surface area contributed by atoms with Crippen molar-refractivity contribution in [1.82, 2.24) is 9.97 Å². The van der Waals surface area contributed by atoms with Crippen LogP contribution in [-0.4, -0.2) is 28.3 Å². The maximum atomic E-state index is 10.5. The third-order valence-corrected chi connectivity index (χ3v) is 1.57. The summed E-state index contributed by atoms with van der Waals surface area (Å²) in [7, 11) is 0. The fourth-order valence-electron chi connectivity index (χ4n) is 0.955. The number of fused-ring (bicyclic) bond motifs is 1. The first-order valence-corrected chi connectivity index (χ1v) is 3.35. The highest BCUT2D eigenvalue weighted by atomic mass is 16.1. The molecule has 0 saturated carbocycles. The number of nitrogens with one attached hydrogen (secondary N) is 2. The number of anilines is 1. The number of aldehydes is 1. The van der Waals surface area contributed by atoms with Gasteiger partial charge in [0, 0.05) is 0 Å². The normalized spacial score (nSPS) is 26.1. The molecule has 0 amide bonds. The summed E-state index contributed by atoms with van der Waals surface area (Å²) in [5.41, 5.74) is 6.22. The summed E-state index contributed by atoms with van der Waals surface area (Å²) in [5, 5.41) is 2.67. The lowest BCUT2D eigenvalue weighted by atomic mass is 10.3. The summed E-state index contributed by atoms with van der Waals surface area (Å²) in [6.07, 6.45) is 3.51. The number of aromatic amines is 1. The number of rotatable bonds is 1. The number of H-pyrrole nitrogens is 1. The Kier molecular flexibility index (Phi) is 1.25. The molecule has 2 heterocycles. The van der Waals surface area contributed by atoms with Crippen molar-refractivity contribution in [2.24, 2.45) is 10.7 Å². The van der Waals surface area contributed by atoms with E-state index in [2.05, 4.69) is 20.3 Å². The standard InChI is InChI=1S/C6H7N5O/c7-6(2-12)10-1-4-5(11-6)9-3-8-4/h1-3,11H,7H2,(H,8,9). The van der Waals surface area contributed by atoms with Crippen LogP contribution in [0.1, 0.15) is 5.69 Å². The molecule has 0 bridgehead atoms.